The van der Waals surface area contributed by atoms with Crippen molar-refractivity contribution in [3.05, 3.63) is 100 Å². The van der Waals surface area contributed by atoms with Crippen LogP contribution in [0.1, 0.15) is 82.6 Å². The summed E-state index contributed by atoms with van der Waals surface area (Å²) in [7, 11) is 0. The Kier molecular flexibility index (Phi) is 11.2. The number of hydrogen-bond donors (Lipinski definition) is 3. The van der Waals surface area contributed by atoms with Crippen molar-refractivity contribution in [2.45, 2.75) is 90.4 Å². The lowest BCUT2D eigenvalue weighted by atomic mass is 10.0. The molecule has 6 atom stereocenters. The zero-order valence-corrected chi connectivity index (χ0v) is 35.1. The van der Waals surface area contributed by atoms with Crippen molar-refractivity contribution in [2.24, 2.45) is 11.8 Å². The molecule has 7 heterocycles. The van der Waals surface area contributed by atoms with Crippen LogP contribution in [0.25, 0.3) is 10.9 Å². The predicted molar refractivity (Wildman–Crippen MR) is 227 cm³/mol. The first-order valence-corrected chi connectivity index (χ1v) is 21.5. The highest BCUT2D eigenvalue weighted by molar-refractivity contribution is 6.06. The molecule has 4 aromatic rings. The van der Waals surface area contributed by atoms with E-state index in [2.05, 4.69) is 63.9 Å². The third-order valence-electron chi connectivity index (χ3n) is 12.9. The molecule has 2 unspecified atom stereocenters. The molecule has 0 spiro atoms. The SMILES string of the molecule is C[C@@H]1CNC[C@H]1Oc1ccc2c(c1)CN(C1CCC(=O)NC1=O)C2=O.Cc1ccc2cc(CN3C[C@@H](C)[C@H](Oc4ccc5c(c4)CN(C4CCC(=O)NC4=O)C5=O)C3)ccc2n1. The van der Waals surface area contributed by atoms with Crippen molar-refractivity contribution in [1.29, 1.82) is 0 Å². The predicted octanol–water partition coefficient (Wildman–Crippen LogP) is 3.64. The molecule has 62 heavy (non-hydrogen) atoms. The van der Waals surface area contributed by atoms with Gasteiger partial charge in [-0.25, -0.2) is 0 Å². The number of aromatic nitrogens is 1. The number of amides is 6. The van der Waals surface area contributed by atoms with Crippen molar-refractivity contribution in [2.75, 3.05) is 26.2 Å². The molecule has 322 valence electrons. The van der Waals surface area contributed by atoms with Crippen LogP contribution in [0.3, 0.4) is 0 Å². The number of hydrogen-bond acceptors (Lipinski definition) is 11. The fourth-order valence-electron chi connectivity index (χ4n) is 9.49. The topological polar surface area (TPSA) is 180 Å². The van der Waals surface area contributed by atoms with Crippen LogP contribution in [0.5, 0.6) is 11.5 Å². The molecule has 0 saturated carbocycles. The van der Waals surface area contributed by atoms with Gasteiger partial charge < -0.3 is 24.6 Å². The number of ether oxygens (including phenoxy) is 2. The number of nitrogens with one attached hydrogen (secondary N) is 3. The minimum atomic E-state index is -0.611. The average Bonchev–Trinajstić information content (AvgIpc) is 3.99. The second-order valence-corrected chi connectivity index (χ2v) is 17.5. The Bertz CT molecular complexity index is 2490. The number of fused-ring (bicyclic) bond motifs is 3. The van der Waals surface area contributed by atoms with Crippen molar-refractivity contribution in [3.8, 4) is 11.5 Å². The maximum atomic E-state index is 13.0. The summed E-state index contributed by atoms with van der Waals surface area (Å²) in [5, 5.41) is 9.12. The number of likely N-dealkylation sites (tertiary alicyclic amines) is 1. The van der Waals surface area contributed by atoms with Gasteiger partial charge in [0.25, 0.3) is 11.8 Å². The van der Waals surface area contributed by atoms with Gasteiger partial charge in [-0.1, -0.05) is 26.0 Å². The highest BCUT2D eigenvalue weighted by atomic mass is 16.5. The molecular formula is C47H51N7O8. The lowest BCUT2D eigenvalue weighted by Crippen LogP contribution is -2.52. The van der Waals surface area contributed by atoms with Crippen LogP contribution in [-0.2, 0) is 38.8 Å². The highest BCUT2D eigenvalue weighted by Crippen LogP contribution is 2.33. The molecule has 6 aliphatic rings. The van der Waals surface area contributed by atoms with E-state index >= 15 is 0 Å². The molecule has 6 aliphatic heterocycles. The normalized spacial score (nSPS) is 26.0. The number of benzene rings is 3. The third kappa shape index (κ3) is 8.38. The van der Waals surface area contributed by atoms with Gasteiger partial charge in [0, 0.05) is 92.7 Å². The van der Waals surface area contributed by atoms with E-state index in [0.29, 0.717) is 48.9 Å². The number of aryl methyl sites for hydroxylation is 1. The van der Waals surface area contributed by atoms with Crippen molar-refractivity contribution in [3.63, 3.8) is 0 Å². The summed E-state index contributed by atoms with van der Waals surface area (Å²) in [6.45, 7) is 11.5. The molecule has 3 aromatic carbocycles. The summed E-state index contributed by atoms with van der Waals surface area (Å²) < 4.78 is 12.5. The van der Waals surface area contributed by atoms with Gasteiger partial charge >= 0.3 is 0 Å². The van der Waals surface area contributed by atoms with Crippen molar-refractivity contribution in [1.82, 2.24) is 35.6 Å². The zero-order chi connectivity index (χ0) is 43.2. The maximum Gasteiger partial charge on any atom is 0.255 e. The molecule has 0 aliphatic carbocycles. The van der Waals surface area contributed by atoms with Crippen LogP contribution in [0.15, 0.2) is 66.7 Å². The molecule has 0 bridgehead atoms. The van der Waals surface area contributed by atoms with Crippen LogP contribution in [0, 0.1) is 18.8 Å². The number of carbonyl (C=O) groups excluding carboxylic acids is 6. The zero-order valence-electron chi connectivity index (χ0n) is 35.1. The third-order valence-corrected chi connectivity index (χ3v) is 12.9. The Labute approximate surface area is 359 Å². The Balaban J connectivity index is 0.000000171. The van der Waals surface area contributed by atoms with E-state index in [1.165, 1.54) is 5.56 Å². The van der Waals surface area contributed by atoms with Gasteiger partial charge in [0.05, 0.1) is 5.52 Å². The van der Waals surface area contributed by atoms with Crippen LogP contribution in [0.2, 0.25) is 0 Å². The molecule has 4 fully saturated rings. The minimum Gasteiger partial charge on any atom is -0.489 e. The lowest BCUT2D eigenvalue weighted by Gasteiger charge is -2.29. The van der Waals surface area contributed by atoms with Gasteiger partial charge in [0.15, 0.2) is 0 Å². The summed E-state index contributed by atoms with van der Waals surface area (Å²) >= 11 is 0. The number of rotatable bonds is 8. The first-order valence-electron chi connectivity index (χ1n) is 21.5. The van der Waals surface area contributed by atoms with Gasteiger partial charge in [0.1, 0.15) is 35.8 Å². The van der Waals surface area contributed by atoms with E-state index in [-0.39, 0.29) is 54.6 Å². The van der Waals surface area contributed by atoms with Gasteiger partial charge in [-0.15, -0.1) is 0 Å². The molecule has 4 saturated heterocycles. The Morgan fingerprint density at radius 1 is 0.661 bits per heavy atom. The van der Waals surface area contributed by atoms with Gasteiger partial charge in [0.2, 0.25) is 23.6 Å². The number of imide groups is 2. The van der Waals surface area contributed by atoms with Crippen molar-refractivity contribution >= 4 is 46.3 Å². The van der Waals surface area contributed by atoms with Gasteiger partial charge in [-0.2, -0.15) is 0 Å². The number of piperidine rings is 2. The summed E-state index contributed by atoms with van der Waals surface area (Å²) in [4.78, 5) is 82.9. The summed E-state index contributed by atoms with van der Waals surface area (Å²) in [5.74, 6) is 0.610. The summed E-state index contributed by atoms with van der Waals surface area (Å²) in [6.07, 6.45) is 1.41. The molecule has 15 nitrogen and oxygen atoms in total. The number of nitrogens with zero attached hydrogens (tertiary/aromatic N) is 4. The lowest BCUT2D eigenvalue weighted by molar-refractivity contribution is -0.138. The van der Waals surface area contributed by atoms with Crippen LogP contribution in [-0.4, -0.2) is 106 Å². The first kappa shape index (κ1) is 41.2. The van der Waals surface area contributed by atoms with E-state index in [4.69, 9.17) is 9.47 Å². The van der Waals surface area contributed by atoms with Crippen LogP contribution in [0.4, 0.5) is 0 Å². The molecule has 10 rings (SSSR count). The quantitative estimate of drug-likeness (QED) is 0.221. The standard InChI is InChI=1S/C29H30N4O4.C18H21N3O4/c1-17-13-32(14-19-4-8-24-20(11-19)5-3-18(2)30-24)16-26(17)37-22-6-7-23-21(12-22)15-33(29(23)36)25-9-10-27(34)31-28(25)35;1-10-7-19-8-15(10)25-12-2-3-13-11(6-12)9-21(18(13)24)14-4-5-16(22)20-17(14)23/h3-8,11-12,17,25-26H,9-10,13-16H2,1-2H3,(H,31,34,35);2-3,6,10,14-15,19H,4-5,7-9H2,1H3,(H,20,22,23)/t17-,25?,26-;10-,14?,15-/m11/s1. The van der Waals surface area contributed by atoms with Crippen molar-refractivity contribution < 1.29 is 38.2 Å². The monoisotopic (exact) mass is 841 g/mol. The molecule has 6 amide bonds. The molecular weight excluding hydrogens is 791 g/mol. The van der Waals surface area contributed by atoms with Crippen LogP contribution >= 0.6 is 0 Å². The molecule has 15 heteroatoms. The van der Waals surface area contributed by atoms with E-state index < -0.39 is 18.0 Å². The smallest absolute Gasteiger partial charge is 0.255 e. The minimum absolute atomic E-state index is 0.0474. The largest absolute Gasteiger partial charge is 0.489 e. The number of pyridine rings is 1. The maximum absolute atomic E-state index is 13.0. The van der Waals surface area contributed by atoms with E-state index in [0.717, 1.165) is 71.9 Å². The van der Waals surface area contributed by atoms with E-state index in [9.17, 15) is 28.8 Å². The van der Waals surface area contributed by atoms with E-state index in [1.54, 1.807) is 21.9 Å². The Hall–Kier alpha value is -6.19. The summed E-state index contributed by atoms with van der Waals surface area (Å²) in [6, 6.07) is 20.5. The second-order valence-electron chi connectivity index (χ2n) is 17.5. The molecule has 1 aromatic heterocycles. The van der Waals surface area contributed by atoms with E-state index in [1.807, 2.05) is 37.3 Å². The fraction of sp³-hybridized carbons (Fsp3) is 0.426. The summed E-state index contributed by atoms with van der Waals surface area (Å²) in [5.41, 5.74) is 6.23. The Morgan fingerprint density at radius 3 is 1.82 bits per heavy atom. The molecule has 3 N–H and O–H groups in total. The Morgan fingerprint density at radius 2 is 1.26 bits per heavy atom. The first-order chi connectivity index (χ1) is 29.9. The second kappa shape index (κ2) is 16.9. The van der Waals surface area contributed by atoms with Gasteiger partial charge in [-0.05, 0) is 91.1 Å². The fourth-order valence-corrected chi connectivity index (χ4v) is 9.49. The highest BCUT2D eigenvalue weighted by Gasteiger charge is 2.41. The van der Waals surface area contributed by atoms with Crippen LogP contribution < -0.4 is 25.4 Å². The molecule has 0 radical (unpaired) electrons. The average molecular weight is 842 g/mol. The van der Waals surface area contributed by atoms with Gasteiger partial charge in [-0.3, -0.25) is 49.3 Å². The number of carbonyl (C=O) groups is 6.